The summed E-state index contributed by atoms with van der Waals surface area (Å²) in [7, 11) is 1.85. The molecule has 6 heteroatoms. The number of aromatic nitrogens is 2. The van der Waals surface area contributed by atoms with Gasteiger partial charge in [-0.05, 0) is 30.9 Å². The van der Waals surface area contributed by atoms with E-state index in [9.17, 15) is 0 Å². The Labute approximate surface area is 197 Å². The van der Waals surface area contributed by atoms with Gasteiger partial charge in [-0.3, -0.25) is 9.89 Å². The van der Waals surface area contributed by atoms with Gasteiger partial charge in [0.2, 0.25) is 0 Å². The van der Waals surface area contributed by atoms with Crippen LogP contribution in [0.4, 0.5) is 0 Å². The monoisotopic (exact) mass is 444 g/mol. The highest BCUT2D eigenvalue weighted by atomic mass is 15.2. The van der Waals surface area contributed by atoms with Gasteiger partial charge in [0.25, 0.3) is 0 Å². The van der Waals surface area contributed by atoms with Crippen LogP contribution in [0.3, 0.4) is 0 Å². The van der Waals surface area contributed by atoms with Crippen molar-refractivity contribution in [2.24, 2.45) is 4.99 Å². The number of rotatable bonds is 8. The first-order valence-corrected chi connectivity index (χ1v) is 12.0. The molecule has 2 N–H and O–H groups in total. The largest absolute Gasteiger partial charge is 0.356 e. The smallest absolute Gasteiger partial charge is 0.191 e. The van der Waals surface area contributed by atoms with Gasteiger partial charge < -0.3 is 15.2 Å². The Morgan fingerprint density at radius 3 is 2.39 bits per heavy atom. The molecule has 1 fully saturated rings. The fourth-order valence-corrected chi connectivity index (χ4v) is 4.58. The van der Waals surface area contributed by atoms with Crippen LogP contribution in [-0.2, 0) is 19.5 Å². The summed E-state index contributed by atoms with van der Waals surface area (Å²) in [4.78, 5) is 11.6. The van der Waals surface area contributed by atoms with E-state index >= 15 is 0 Å². The van der Waals surface area contributed by atoms with E-state index in [4.69, 9.17) is 0 Å². The molecule has 2 aromatic carbocycles. The summed E-state index contributed by atoms with van der Waals surface area (Å²) in [6, 6.07) is 22.3. The van der Waals surface area contributed by atoms with Gasteiger partial charge in [0.05, 0.1) is 0 Å². The number of likely N-dealkylation sites (tertiary alicyclic amines) is 1. The van der Waals surface area contributed by atoms with Crippen LogP contribution in [0.2, 0.25) is 0 Å². The summed E-state index contributed by atoms with van der Waals surface area (Å²) < 4.78 is 2.22. The molecule has 1 aliphatic rings. The molecule has 0 amide bonds. The number of guanidine groups is 1. The van der Waals surface area contributed by atoms with Crippen LogP contribution in [0.25, 0.3) is 0 Å². The molecule has 0 bridgehead atoms. The quantitative estimate of drug-likeness (QED) is 0.411. The highest BCUT2D eigenvalue weighted by Crippen LogP contribution is 2.20. The number of hydrogen-bond acceptors (Lipinski definition) is 3. The van der Waals surface area contributed by atoms with E-state index < -0.39 is 0 Å². The second-order valence-corrected chi connectivity index (χ2v) is 8.88. The van der Waals surface area contributed by atoms with E-state index in [1.165, 1.54) is 11.1 Å². The highest BCUT2D eigenvalue weighted by molar-refractivity contribution is 5.79. The number of nitrogens with zero attached hydrogens (tertiary/aromatic N) is 4. The molecule has 2 atom stereocenters. The van der Waals surface area contributed by atoms with E-state index in [0.717, 1.165) is 57.2 Å². The van der Waals surface area contributed by atoms with Crippen LogP contribution in [0.5, 0.6) is 0 Å². The Bertz CT molecular complexity index is 998. The van der Waals surface area contributed by atoms with Gasteiger partial charge >= 0.3 is 0 Å². The Kier molecular flexibility index (Phi) is 8.14. The third-order valence-corrected chi connectivity index (χ3v) is 6.45. The zero-order chi connectivity index (χ0) is 22.9. The molecule has 2 heterocycles. The van der Waals surface area contributed by atoms with Crippen molar-refractivity contribution in [2.45, 2.75) is 51.4 Å². The van der Waals surface area contributed by atoms with Crippen molar-refractivity contribution in [3.05, 3.63) is 90.0 Å². The van der Waals surface area contributed by atoms with Gasteiger partial charge in [-0.2, -0.15) is 0 Å². The van der Waals surface area contributed by atoms with Crippen molar-refractivity contribution in [3.8, 4) is 0 Å². The van der Waals surface area contributed by atoms with Crippen molar-refractivity contribution in [1.82, 2.24) is 25.1 Å². The van der Waals surface area contributed by atoms with Crippen LogP contribution in [-0.4, -0.2) is 52.6 Å². The fraction of sp³-hybridized carbons (Fsp3) is 0.407. The maximum absolute atomic E-state index is 4.56. The molecule has 174 valence electrons. The predicted octanol–water partition coefficient (Wildman–Crippen LogP) is 3.69. The zero-order valence-corrected chi connectivity index (χ0v) is 19.8. The third-order valence-electron chi connectivity index (χ3n) is 6.45. The number of imidazole rings is 1. The summed E-state index contributed by atoms with van der Waals surface area (Å²) in [6.07, 6.45) is 7.04. The summed E-state index contributed by atoms with van der Waals surface area (Å²) in [5.41, 5.74) is 2.67. The minimum atomic E-state index is 0.443. The van der Waals surface area contributed by atoms with Crippen LogP contribution in [0, 0.1) is 0 Å². The molecule has 0 radical (unpaired) electrons. The Hall–Kier alpha value is -3.12. The average molecular weight is 445 g/mol. The zero-order valence-electron chi connectivity index (χ0n) is 19.8. The third kappa shape index (κ3) is 6.68. The van der Waals surface area contributed by atoms with E-state index in [1.807, 2.05) is 13.2 Å². The molecule has 0 saturated carbocycles. The lowest BCUT2D eigenvalue weighted by atomic mass is 9.97. The van der Waals surface area contributed by atoms with E-state index in [1.54, 1.807) is 0 Å². The lowest BCUT2D eigenvalue weighted by molar-refractivity contribution is 0.134. The summed E-state index contributed by atoms with van der Waals surface area (Å²) in [6.45, 7) is 6.11. The second kappa shape index (κ2) is 11.7. The van der Waals surface area contributed by atoms with E-state index in [0.29, 0.717) is 12.1 Å². The van der Waals surface area contributed by atoms with Crippen molar-refractivity contribution in [2.75, 3.05) is 20.1 Å². The lowest BCUT2D eigenvalue weighted by Gasteiger charge is -2.38. The minimum absolute atomic E-state index is 0.443. The molecular weight excluding hydrogens is 408 g/mol. The molecule has 4 rings (SSSR count). The van der Waals surface area contributed by atoms with Crippen LogP contribution in [0.1, 0.15) is 36.7 Å². The van der Waals surface area contributed by atoms with Crippen molar-refractivity contribution in [3.63, 3.8) is 0 Å². The Morgan fingerprint density at radius 1 is 1.03 bits per heavy atom. The molecule has 1 aliphatic heterocycles. The SMILES string of the molecule is CN=C(NCCc1nccn1Cc1ccccc1)NC1CCN(Cc2ccccc2)C(C)C1. The molecule has 0 aliphatic carbocycles. The molecule has 2 unspecified atom stereocenters. The highest BCUT2D eigenvalue weighted by Gasteiger charge is 2.25. The number of aliphatic imine (C=N–C) groups is 1. The molecule has 0 spiro atoms. The van der Waals surface area contributed by atoms with Gasteiger partial charge in [-0.15, -0.1) is 0 Å². The Balaban J connectivity index is 1.22. The first-order chi connectivity index (χ1) is 16.2. The standard InChI is InChI=1S/C27H36N6/c1-22-19-25(14-17-32(22)20-23-9-5-3-6-10-23)31-27(28-2)30-15-13-26-29-16-18-33(26)21-24-11-7-4-8-12-24/h3-12,16,18,22,25H,13-15,17,19-21H2,1-2H3,(H2,28,30,31). The number of nitrogens with one attached hydrogen (secondary N) is 2. The summed E-state index contributed by atoms with van der Waals surface area (Å²) in [5, 5.41) is 7.12. The molecule has 1 aromatic heterocycles. The van der Waals surface area contributed by atoms with E-state index in [-0.39, 0.29) is 0 Å². The molecule has 33 heavy (non-hydrogen) atoms. The fourth-order valence-electron chi connectivity index (χ4n) is 4.58. The van der Waals surface area contributed by atoms with Crippen molar-refractivity contribution < 1.29 is 0 Å². The number of hydrogen-bond donors (Lipinski definition) is 2. The first-order valence-electron chi connectivity index (χ1n) is 12.0. The second-order valence-electron chi connectivity index (χ2n) is 8.88. The van der Waals surface area contributed by atoms with Crippen molar-refractivity contribution in [1.29, 1.82) is 0 Å². The van der Waals surface area contributed by atoms with Crippen LogP contribution in [0.15, 0.2) is 78.0 Å². The molecular formula is C27H36N6. The van der Waals surface area contributed by atoms with Gasteiger partial charge in [-0.1, -0.05) is 60.7 Å². The van der Waals surface area contributed by atoms with Gasteiger partial charge in [0, 0.05) is 64.1 Å². The van der Waals surface area contributed by atoms with E-state index in [2.05, 4.69) is 104 Å². The summed E-state index contributed by atoms with van der Waals surface area (Å²) in [5.74, 6) is 1.97. The minimum Gasteiger partial charge on any atom is -0.356 e. The lowest BCUT2D eigenvalue weighted by Crippen LogP contribution is -2.51. The first kappa shape index (κ1) is 23.1. The normalized spacial score (nSPS) is 19.4. The molecule has 1 saturated heterocycles. The van der Waals surface area contributed by atoms with Gasteiger partial charge in [0.1, 0.15) is 5.82 Å². The predicted molar refractivity (Wildman–Crippen MR) is 135 cm³/mol. The topological polar surface area (TPSA) is 57.5 Å². The van der Waals surface area contributed by atoms with Crippen molar-refractivity contribution >= 4 is 5.96 Å². The maximum Gasteiger partial charge on any atom is 0.191 e. The van der Waals surface area contributed by atoms with Gasteiger partial charge in [0.15, 0.2) is 5.96 Å². The van der Waals surface area contributed by atoms with Crippen LogP contribution < -0.4 is 10.6 Å². The number of benzene rings is 2. The summed E-state index contributed by atoms with van der Waals surface area (Å²) >= 11 is 0. The van der Waals surface area contributed by atoms with Gasteiger partial charge in [-0.25, -0.2) is 4.98 Å². The average Bonchev–Trinajstić information content (AvgIpc) is 3.28. The van der Waals surface area contributed by atoms with Crippen LogP contribution >= 0.6 is 0 Å². The number of piperidine rings is 1. The Morgan fingerprint density at radius 2 is 1.73 bits per heavy atom. The molecule has 6 nitrogen and oxygen atoms in total. The molecule has 3 aromatic rings. The maximum atomic E-state index is 4.56.